The predicted molar refractivity (Wildman–Crippen MR) is 61.9 cm³/mol. The third kappa shape index (κ3) is 5.50. The first-order valence-electron chi connectivity index (χ1n) is 5.84. The number of nitrogens with zero attached hydrogens (tertiary/aromatic N) is 1. The van der Waals surface area contributed by atoms with Crippen LogP contribution in [0, 0.1) is 5.92 Å². The Kier molecular flexibility index (Phi) is 6.22. The molecule has 0 amide bonds. The second kappa shape index (κ2) is 7.20. The molecule has 1 heterocycles. The molecule has 3 heteroatoms. The molecule has 1 radical (unpaired) electrons. The number of methoxy groups -OCH3 is 1. The lowest BCUT2D eigenvalue weighted by Gasteiger charge is -2.32. The van der Waals surface area contributed by atoms with Crippen LogP contribution in [0.1, 0.15) is 26.7 Å². The minimum Gasteiger partial charge on any atom is -0.382 e. The number of ether oxygens (including phenoxy) is 2. The van der Waals surface area contributed by atoms with E-state index in [2.05, 4.69) is 18.7 Å². The van der Waals surface area contributed by atoms with E-state index in [0.717, 1.165) is 26.0 Å². The smallest absolute Gasteiger partial charge is 0.0704 e. The molecular formula is C12H24NO2. The van der Waals surface area contributed by atoms with E-state index in [1.54, 1.807) is 7.11 Å². The zero-order valence-electron chi connectivity index (χ0n) is 10.3. The van der Waals surface area contributed by atoms with Gasteiger partial charge in [0.2, 0.25) is 0 Å². The van der Waals surface area contributed by atoms with Gasteiger partial charge in [-0.2, -0.15) is 0 Å². The van der Waals surface area contributed by atoms with Gasteiger partial charge in [0.1, 0.15) is 0 Å². The molecule has 0 aromatic carbocycles. The fourth-order valence-corrected chi connectivity index (χ4v) is 1.98. The molecule has 0 aromatic rings. The highest BCUT2D eigenvalue weighted by Gasteiger charge is 2.19. The maximum absolute atomic E-state index is 5.72. The van der Waals surface area contributed by atoms with Crippen LogP contribution in [0.2, 0.25) is 0 Å². The fourth-order valence-electron chi connectivity index (χ4n) is 1.98. The second-order valence-electron chi connectivity index (χ2n) is 4.55. The van der Waals surface area contributed by atoms with Crippen molar-refractivity contribution in [2.24, 2.45) is 0 Å². The van der Waals surface area contributed by atoms with E-state index >= 15 is 0 Å². The summed E-state index contributed by atoms with van der Waals surface area (Å²) >= 11 is 0. The van der Waals surface area contributed by atoms with Crippen LogP contribution in [0.15, 0.2) is 0 Å². The summed E-state index contributed by atoms with van der Waals surface area (Å²) in [6.07, 6.45) is 2.78. The largest absolute Gasteiger partial charge is 0.382 e. The SMILES string of the molecule is COCCOC1CCN(C[C](C)C)CC1. The van der Waals surface area contributed by atoms with Crippen molar-refractivity contribution in [3.63, 3.8) is 0 Å². The van der Waals surface area contributed by atoms with Crippen molar-refractivity contribution >= 4 is 0 Å². The van der Waals surface area contributed by atoms with Gasteiger partial charge >= 0.3 is 0 Å². The Bertz CT molecular complexity index is 154. The molecule has 0 aromatic heterocycles. The van der Waals surface area contributed by atoms with Crippen LogP contribution in [0.25, 0.3) is 0 Å². The lowest BCUT2D eigenvalue weighted by Crippen LogP contribution is -2.38. The van der Waals surface area contributed by atoms with Crippen molar-refractivity contribution < 1.29 is 9.47 Å². The summed E-state index contributed by atoms with van der Waals surface area (Å²) in [5.74, 6) is 1.49. The normalized spacial score (nSPS) is 20.0. The monoisotopic (exact) mass is 214 g/mol. The Morgan fingerprint density at radius 3 is 2.40 bits per heavy atom. The van der Waals surface area contributed by atoms with Crippen molar-refractivity contribution in [3.05, 3.63) is 5.92 Å². The van der Waals surface area contributed by atoms with Crippen molar-refractivity contribution in [2.75, 3.05) is 40.0 Å². The molecule has 1 saturated heterocycles. The van der Waals surface area contributed by atoms with Crippen molar-refractivity contribution in [1.29, 1.82) is 0 Å². The number of hydrogen-bond donors (Lipinski definition) is 0. The van der Waals surface area contributed by atoms with Gasteiger partial charge in [-0.05, 0) is 18.8 Å². The van der Waals surface area contributed by atoms with E-state index in [9.17, 15) is 0 Å². The summed E-state index contributed by atoms with van der Waals surface area (Å²) in [7, 11) is 1.71. The molecule has 1 aliphatic rings. The van der Waals surface area contributed by atoms with E-state index in [1.165, 1.54) is 19.0 Å². The summed E-state index contributed by atoms with van der Waals surface area (Å²) in [6.45, 7) is 9.32. The topological polar surface area (TPSA) is 21.7 Å². The van der Waals surface area contributed by atoms with Gasteiger partial charge in [0.05, 0.1) is 19.3 Å². The summed E-state index contributed by atoms with van der Waals surface area (Å²) < 4.78 is 10.7. The average molecular weight is 214 g/mol. The van der Waals surface area contributed by atoms with Gasteiger partial charge in [-0.3, -0.25) is 0 Å². The molecule has 1 rings (SSSR count). The molecule has 3 nitrogen and oxygen atoms in total. The molecule has 0 spiro atoms. The van der Waals surface area contributed by atoms with Crippen LogP contribution in [0.4, 0.5) is 0 Å². The molecule has 1 aliphatic heterocycles. The fraction of sp³-hybridized carbons (Fsp3) is 0.917. The Morgan fingerprint density at radius 1 is 1.20 bits per heavy atom. The van der Waals surface area contributed by atoms with Gasteiger partial charge in [0.25, 0.3) is 0 Å². The third-order valence-corrected chi connectivity index (χ3v) is 2.72. The van der Waals surface area contributed by atoms with E-state index in [-0.39, 0.29) is 0 Å². The molecule has 0 atom stereocenters. The zero-order valence-corrected chi connectivity index (χ0v) is 10.3. The van der Waals surface area contributed by atoms with Crippen LogP contribution in [-0.2, 0) is 9.47 Å². The van der Waals surface area contributed by atoms with Crippen LogP contribution in [0.5, 0.6) is 0 Å². The first kappa shape index (κ1) is 12.9. The third-order valence-electron chi connectivity index (χ3n) is 2.72. The summed E-state index contributed by atoms with van der Waals surface area (Å²) in [5.41, 5.74) is 0. The zero-order chi connectivity index (χ0) is 11.1. The average Bonchev–Trinajstić information content (AvgIpc) is 2.20. The quantitative estimate of drug-likeness (QED) is 0.629. The Hall–Kier alpha value is -0.120. The molecule has 1 fully saturated rings. The van der Waals surface area contributed by atoms with Crippen LogP contribution >= 0.6 is 0 Å². The molecule has 0 N–H and O–H groups in total. The predicted octanol–water partition coefficient (Wildman–Crippen LogP) is 1.73. The van der Waals surface area contributed by atoms with Crippen molar-refractivity contribution in [3.8, 4) is 0 Å². The van der Waals surface area contributed by atoms with E-state index in [4.69, 9.17) is 9.47 Å². The molecule has 0 unspecified atom stereocenters. The first-order valence-corrected chi connectivity index (χ1v) is 5.84. The van der Waals surface area contributed by atoms with Crippen molar-refractivity contribution in [2.45, 2.75) is 32.8 Å². The van der Waals surface area contributed by atoms with Gasteiger partial charge in [0, 0.05) is 26.7 Å². The molecule has 0 bridgehead atoms. The first-order chi connectivity index (χ1) is 7.22. The summed E-state index contributed by atoms with van der Waals surface area (Å²) in [5, 5.41) is 0. The number of likely N-dealkylation sites (tertiary alicyclic amines) is 1. The summed E-state index contributed by atoms with van der Waals surface area (Å²) in [4.78, 5) is 2.51. The summed E-state index contributed by atoms with van der Waals surface area (Å²) in [6, 6.07) is 0. The van der Waals surface area contributed by atoms with Gasteiger partial charge < -0.3 is 14.4 Å². The lowest BCUT2D eigenvalue weighted by atomic mass is 10.1. The van der Waals surface area contributed by atoms with Crippen LogP contribution < -0.4 is 0 Å². The van der Waals surface area contributed by atoms with Crippen molar-refractivity contribution in [1.82, 2.24) is 4.90 Å². The molecule has 0 aliphatic carbocycles. The highest BCUT2D eigenvalue weighted by molar-refractivity contribution is 4.84. The molecule has 0 saturated carbocycles. The Labute approximate surface area is 93.7 Å². The second-order valence-corrected chi connectivity index (χ2v) is 4.55. The highest BCUT2D eigenvalue weighted by Crippen LogP contribution is 2.15. The van der Waals surface area contributed by atoms with Crippen LogP contribution in [0.3, 0.4) is 0 Å². The Morgan fingerprint density at radius 2 is 1.87 bits per heavy atom. The minimum atomic E-state index is 0.452. The van der Waals surface area contributed by atoms with Gasteiger partial charge in [0.15, 0.2) is 0 Å². The Balaban J connectivity index is 2.07. The van der Waals surface area contributed by atoms with Crippen LogP contribution in [-0.4, -0.2) is 51.0 Å². The molecular weight excluding hydrogens is 190 g/mol. The highest BCUT2D eigenvalue weighted by atomic mass is 16.5. The maximum atomic E-state index is 5.72. The van der Waals surface area contributed by atoms with Gasteiger partial charge in [-0.15, -0.1) is 0 Å². The number of rotatable bonds is 6. The number of hydrogen-bond acceptors (Lipinski definition) is 3. The molecule has 89 valence electrons. The maximum Gasteiger partial charge on any atom is 0.0704 e. The van der Waals surface area contributed by atoms with E-state index in [0.29, 0.717) is 12.7 Å². The van der Waals surface area contributed by atoms with Gasteiger partial charge in [-0.25, -0.2) is 0 Å². The minimum absolute atomic E-state index is 0.452. The lowest BCUT2D eigenvalue weighted by molar-refractivity contribution is -0.0139. The molecule has 15 heavy (non-hydrogen) atoms. The van der Waals surface area contributed by atoms with Gasteiger partial charge in [-0.1, -0.05) is 13.8 Å². The van der Waals surface area contributed by atoms with E-state index < -0.39 is 0 Å². The van der Waals surface area contributed by atoms with E-state index in [1.807, 2.05) is 0 Å². The number of piperidine rings is 1. The standard InChI is InChI=1S/C12H24NO2/c1-11(2)10-13-6-4-12(5-7-13)15-9-8-14-3/h12H,4-10H2,1-3H3.